The third-order valence-electron chi connectivity index (χ3n) is 3.00. The van der Waals surface area contributed by atoms with Crippen molar-refractivity contribution in [3.63, 3.8) is 0 Å². The van der Waals surface area contributed by atoms with Crippen LogP contribution in [0.2, 0.25) is 5.15 Å². The van der Waals surface area contributed by atoms with Gasteiger partial charge in [-0.2, -0.15) is 0 Å². The quantitative estimate of drug-likeness (QED) is 0.690. The van der Waals surface area contributed by atoms with Gasteiger partial charge in [0.25, 0.3) is 0 Å². The first-order chi connectivity index (χ1) is 9.18. The van der Waals surface area contributed by atoms with Gasteiger partial charge in [-0.1, -0.05) is 35.9 Å². The van der Waals surface area contributed by atoms with E-state index in [2.05, 4.69) is 0 Å². The lowest BCUT2D eigenvalue weighted by Gasteiger charge is -2.14. The van der Waals surface area contributed by atoms with Gasteiger partial charge in [0, 0.05) is 11.5 Å². The van der Waals surface area contributed by atoms with Crippen LogP contribution in [0.25, 0.3) is 16.6 Å². The first-order valence-corrected chi connectivity index (χ1v) is 6.15. The van der Waals surface area contributed by atoms with Crippen LogP contribution < -0.4 is 5.43 Å². The standard InChI is InChI=1S/C15H10ClNO2/c16-15-9-14(19)10-5-1-2-6-11(10)17(15)12-7-3-4-8-13(12)18/h1-9,18H. The third kappa shape index (κ3) is 1.88. The van der Waals surface area contributed by atoms with Gasteiger partial charge < -0.3 is 5.11 Å². The van der Waals surface area contributed by atoms with Gasteiger partial charge in [0.15, 0.2) is 5.43 Å². The minimum Gasteiger partial charge on any atom is -0.506 e. The first kappa shape index (κ1) is 11.8. The van der Waals surface area contributed by atoms with Crippen molar-refractivity contribution in [3.8, 4) is 11.4 Å². The number of rotatable bonds is 1. The molecule has 1 heterocycles. The number of fused-ring (bicyclic) bond motifs is 1. The molecule has 4 heteroatoms. The van der Waals surface area contributed by atoms with Gasteiger partial charge in [0.1, 0.15) is 10.9 Å². The highest BCUT2D eigenvalue weighted by Gasteiger charge is 2.11. The molecule has 0 atom stereocenters. The van der Waals surface area contributed by atoms with Gasteiger partial charge in [0.2, 0.25) is 0 Å². The highest BCUT2D eigenvalue weighted by atomic mass is 35.5. The van der Waals surface area contributed by atoms with Crippen molar-refractivity contribution in [1.29, 1.82) is 0 Å². The molecule has 94 valence electrons. The average molecular weight is 272 g/mol. The first-order valence-electron chi connectivity index (χ1n) is 5.77. The lowest BCUT2D eigenvalue weighted by Crippen LogP contribution is -2.08. The number of nitrogens with zero attached hydrogens (tertiary/aromatic N) is 1. The van der Waals surface area contributed by atoms with E-state index in [0.717, 1.165) is 0 Å². The number of pyridine rings is 1. The molecule has 0 aliphatic rings. The van der Waals surface area contributed by atoms with E-state index in [0.29, 0.717) is 16.6 Å². The maximum atomic E-state index is 11.9. The SMILES string of the molecule is O=c1cc(Cl)n(-c2ccccc2O)c2ccccc12. The molecule has 0 saturated carbocycles. The molecule has 0 saturated heterocycles. The summed E-state index contributed by atoms with van der Waals surface area (Å²) in [6, 6.07) is 15.4. The van der Waals surface area contributed by atoms with E-state index >= 15 is 0 Å². The fourth-order valence-corrected chi connectivity index (χ4v) is 2.42. The van der Waals surface area contributed by atoms with Gasteiger partial charge in [-0.3, -0.25) is 9.36 Å². The number of phenolic OH excluding ortho intramolecular Hbond substituents is 1. The summed E-state index contributed by atoms with van der Waals surface area (Å²) in [7, 11) is 0. The van der Waals surface area contributed by atoms with Crippen LogP contribution in [0.4, 0.5) is 0 Å². The van der Waals surface area contributed by atoms with Gasteiger partial charge in [-0.25, -0.2) is 0 Å². The van der Waals surface area contributed by atoms with E-state index in [9.17, 15) is 9.90 Å². The van der Waals surface area contributed by atoms with E-state index in [1.165, 1.54) is 6.07 Å². The van der Waals surface area contributed by atoms with Crippen LogP contribution in [0.3, 0.4) is 0 Å². The molecular weight excluding hydrogens is 262 g/mol. The fraction of sp³-hybridized carbons (Fsp3) is 0. The minimum atomic E-state index is -0.132. The zero-order chi connectivity index (χ0) is 13.4. The van der Waals surface area contributed by atoms with E-state index < -0.39 is 0 Å². The molecule has 0 unspecified atom stereocenters. The summed E-state index contributed by atoms with van der Waals surface area (Å²) in [6.07, 6.45) is 0. The smallest absolute Gasteiger partial charge is 0.190 e. The molecule has 19 heavy (non-hydrogen) atoms. The Morgan fingerprint density at radius 2 is 1.68 bits per heavy atom. The van der Waals surface area contributed by atoms with Crippen LogP contribution in [0.1, 0.15) is 0 Å². The number of aromatic nitrogens is 1. The van der Waals surface area contributed by atoms with Crippen molar-refractivity contribution in [1.82, 2.24) is 4.57 Å². The maximum Gasteiger partial charge on any atom is 0.190 e. The lowest BCUT2D eigenvalue weighted by atomic mass is 10.2. The number of phenols is 1. The Kier molecular flexibility index (Phi) is 2.76. The summed E-state index contributed by atoms with van der Waals surface area (Å²) in [4.78, 5) is 11.9. The van der Waals surface area contributed by atoms with Crippen LogP contribution in [-0.2, 0) is 0 Å². The summed E-state index contributed by atoms with van der Waals surface area (Å²) in [6.45, 7) is 0. The molecule has 2 aromatic carbocycles. The van der Waals surface area contributed by atoms with E-state index in [4.69, 9.17) is 11.6 Å². The van der Waals surface area contributed by atoms with E-state index in [-0.39, 0.29) is 16.3 Å². The molecule has 0 bridgehead atoms. The number of benzene rings is 2. The predicted molar refractivity (Wildman–Crippen MR) is 76.2 cm³/mol. The van der Waals surface area contributed by atoms with Gasteiger partial charge in [-0.15, -0.1) is 0 Å². The zero-order valence-electron chi connectivity index (χ0n) is 9.88. The Balaban J connectivity index is 2.48. The second-order valence-electron chi connectivity index (χ2n) is 4.17. The fourth-order valence-electron chi connectivity index (χ4n) is 2.14. The molecule has 0 amide bonds. The molecule has 3 aromatic rings. The molecule has 0 fully saturated rings. The number of aromatic hydroxyl groups is 1. The molecule has 1 N–H and O–H groups in total. The maximum absolute atomic E-state index is 11.9. The molecule has 0 aliphatic carbocycles. The van der Waals surface area contributed by atoms with E-state index in [1.54, 1.807) is 47.0 Å². The van der Waals surface area contributed by atoms with Crippen LogP contribution >= 0.6 is 11.6 Å². The Hall–Kier alpha value is -2.26. The molecule has 0 spiro atoms. The predicted octanol–water partition coefficient (Wildman–Crippen LogP) is 3.35. The van der Waals surface area contributed by atoms with Crippen molar-refractivity contribution in [2.75, 3.05) is 0 Å². The van der Waals surface area contributed by atoms with Crippen molar-refractivity contribution < 1.29 is 5.11 Å². The van der Waals surface area contributed by atoms with Crippen molar-refractivity contribution in [2.24, 2.45) is 0 Å². The summed E-state index contributed by atoms with van der Waals surface area (Å²) in [5.74, 6) is 0.109. The summed E-state index contributed by atoms with van der Waals surface area (Å²) in [5, 5.41) is 10.8. The highest BCUT2D eigenvalue weighted by molar-refractivity contribution is 6.30. The molecule has 3 nitrogen and oxygen atoms in total. The summed E-state index contributed by atoms with van der Waals surface area (Å²) in [5.41, 5.74) is 1.08. The van der Waals surface area contributed by atoms with Crippen LogP contribution in [0.5, 0.6) is 5.75 Å². The number of hydrogen-bond acceptors (Lipinski definition) is 2. The Morgan fingerprint density at radius 1 is 1.00 bits per heavy atom. The van der Waals surface area contributed by atoms with Crippen molar-refractivity contribution in [3.05, 3.63) is 70.0 Å². The third-order valence-corrected chi connectivity index (χ3v) is 3.27. The molecule has 0 radical (unpaired) electrons. The van der Waals surface area contributed by atoms with Gasteiger partial charge >= 0.3 is 0 Å². The summed E-state index contributed by atoms with van der Waals surface area (Å²) >= 11 is 6.17. The molecular formula is C15H10ClNO2. The molecule has 0 aliphatic heterocycles. The lowest BCUT2D eigenvalue weighted by molar-refractivity contribution is 0.472. The molecule has 3 rings (SSSR count). The average Bonchev–Trinajstić information content (AvgIpc) is 2.41. The van der Waals surface area contributed by atoms with Gasteiger partial charge in [0.05, 0.1) is 11.2 Å². The topological polar surface area (TPSA) is 42.2 Å². The van der Waals surface area contributed by atoms with Crippen LogP contribution in [0.15, 0.2) is 59.4 Å². The Bertz CT molecular complexity index is 824. The number of halogens is 1. The highest BCUT2D eigenvalue weighted by Crippen LogP contribution is 2.27. The van der Waals surface area contributed by atoms with Crippen molar-refractivity contribution in [2.45, 2.75) is 0 Å². The van der Waals surface area contributed by atoms with Crippen LogP contribution in [0, 0.1) is 0 Å². The van der Waals surface area contributed by atoms with Crippen LogP contribution in [-0.4, -0.2) is 9.67 Å². The number of para-hydroxylation sites is 3. The Labute approximate surface area is 114 Å². The van der Waals surface area contributed by atoms with E-state index in [1.807, 2.05) is 6.07 Å². The molecule has 1 aromatic heterocycles. The summed E-state index contributed by atoms with van der Waals surface area (Å²) < 4.78 is 1.66. The second-order valence-corrected chi connectivity index (χ2v) is 4.56. The van der Waals surface area contributed by atoms with Crippen molar-refractivity contribution >= 4 is 22.5 Å². The normalized spacial score (nSPS) is 10.8. The van der Waals surface area contributed by atoms with Gasteiger partial charge in [-0.05, 0) is 24.3 Å². The zero-order valence-corrected chi connectivity index (χ0v) is 10.6. The minimum absolute atomic E-state index is 0.109. The number of hydrogen-bond donors (Lipinski definition) is 1. The largest absolute Gasteiger partial charge is 0.506 e. The Morgan fingerprint density at radius 3 is 2.47 bits per heavy atom. The monoisotopic (exact) mass is 271 g/mol. The second kappa shape index (κ2) is 4.44.